The first-order valence-corrected chi connectivity index (χ1v) is 6.30. The molecule has 3 rings (SSSR count). The van der Waals surface area contributed by atoms with E-state index in [1.54, 1.807) is 0 Å². The topological polar surface area (TPSA) is 78.8 Å². The van der Waals surface area contributed by atoms with E-state index in [0.29, 0.717) is 11.9 Å². The van der Waals surface area contributed by atoms with E-state index >= 15 is 0 Å². The van der Waals surface area contributed by atoms with Crippen molar-refractivity contribution < 1.29 is 13.9 Å². The molecule has 0 bridgehead atoms. The van der Waals surface area contributed by atoms with Gasteiger partial charge in [-0.25, -0.2) is 14.2 Å². The van der Waals surface area contributed by atoms with E-state index in [1.807, 2.05) is 0 Å². The van der Waals surface area contributed by atoms with E-state index in [-0.39, 0.29) is 23.1 Å². The molecule has 0 atom stereocenters. The zero-order valence-corrected chi connectivity index (χ0v) is 10.6. The second kappa shape index (κ2) is 4.60. The lowest BCUT2D eigenvalue weighted by Crippen LogP contribution is -2.15. The van der Waals surface area contributed by atoms with Crippen LogP contribution in [0.2, 0.25) is 0 Å². The molecule has 1 aromatic carbocycles. The van der Waals surface area contributed by atoms with Gasteiger partial charge in [0.05, 0.1) is 30.1 Å². The van der Waals surface area contributed by atoms with Crippen molar-refractivity contribution in [2.75, 3.05) is 6.61 Å². The van der Waals surface area contributed by atoms with E-state index in [4.69, 9.17) is 10.00 Å². The van der Waals surface area contributed by atoms with Crippen molar-refractivity contribution in [1.82, 2.24) is 9.97 Å². The van der Waals surface area contributed by atoms with Crippen LogP contribution in [0.4, 0.5) is 4.39 Å². The van der Waals surface area contributed by atoms with Crippen LogP contribution in [0.25, 0.3) is 11.0 Å². The summed E-state index contributed by atoms with van der Waals surface area (Å²) in [4.78, 5) is 18.5. The fraction of sp³-hybridized carbons (Fsp3) is 0.357. The molecule has 2 aromatic rings. The third-order valence-electron chi connectivity index (χ3n) is 3.63. The van der Waals surface area contributed by atoms with Gasteiger partial charge >= 0.3 is 5.97 Å². The first-order valence-electron chi connectivity index (χ1n) is 6.30. The van der Waals surface area contributed by atoms with Crippen LogP contribution in [0.15, 0.2) is 18.5 Å². The van der Waals surface area contributed by atoms with Gasteiger partial charge < -0.3 is 9.72 Å². The monoisotopic (exact) mass is 273 g/mol. The Balaban J connectivity index is 1.74. The fourth-order valence-corrected chi connectivity index (χ4v) is 2.14. The maximum atomic E-state index is 13.7. The smallest absolute Gasteiger partial charge is 0.338 e. The summed E-state index contributed by atoms with van der Waals surface area (Å²) in [7, 11) is 0. The minimum Gasteiger partial charge on any atom is -0.461 e. The van der Waals surface area contributed by atoms with Crippen LogP contribution in [0.1, 0.15) is 29.6 Å². The maximum absolute atomic E-state index is 13.7. The van der Waals surface area contributed by atoms with E-state index in [2.05, 4.69) is 16.0 Å². The molecule has 0 amide bonds. The summed E-state index contributed by atoms with van der Waals surface area (Å²) in [6, 6.07) is 4.73. The normalized spacial score (nSPS) is 15.8. The number of fused-ring (bicyclic) bond motifs is 1. The van der Waals surface area contributed by atoms with Crippen LogP contribution >= 0.6 is 0 Å². The standard InChI is InChI=1S/C14H12FN3O2/c15-10-5-9(6-11-12(10)18-8-17-11)13(19)20-7-14(1-2-14)3-4-16/h5-6,8H,1-3,7H2,(H,17,18). The lowest BCUT2D eigenvalue weighted by Gasteiger charge is -2.11. The number of halogens is 1. The summed E-state index contributed by atoms with van der Waals surface area (Å²) in [5, 5.41) is 8.70. The van der Waals surface area contributed by atoms with Crippen molar-refractivity contribution in [2.24, 2.45) is 5.41 Å². The quantitative estimate of drug-likeness (QED) is 0.868. The number of ether oxygens (including phenoxy) is 1. The number of H-pyrrole nitrogens is 1. The van der Waals surface area contributed by atoms with Crippen molar-refractivity contribution in [3.63, 3.8) is 0 Å². The number of nitrogens with zero attached hydrogens (tertiary/aromatic N) is 2. The van der Waals surface area contributed by atoms with Crippen LogP contribution in [-0.4, -0.2) is 22.5 Å². The summed E-state index contributed by atoms with van der Waals surface area (Å²) in [5.74, 6) is -1.14. The summed E-state index contributed by atoms with van der Waals surface area (Å²) >= 11 is 0. The molecule has 0 aliphatic heterocycles. The number of aromatic amines is 1. The molecule has 1 fully saturated rings. The van der Waals surface area contributed by atoms with Gasteiger partial charge in [0, 0.05) is 11.8 Å². The van der Waals surface area contributed by atoms with Crippen molar-refractivity contribution in [1.29, 1.82) is 5.26 Å². The zero-order valence-electron chi connectivity index (χ0n) is 10.6. The maximum Gasteiger partial charge on any atom is 0.338 e. The van der Waals surface area contributed by atoms with Gasteiger partial charge in [-0.3, -0.25) is 0 Å². The Bertz CT molecular complexity index is 713. The first kappa shape index (κ1) is 12.6. The number of benzene rings is 1. The Morgan fingerprint density at radius 2 is 2.35 bits per heavy atom. The van der Waals surface area contributed by atoms with Crippen molar-refractivity contribution >= 4 is 17.0 Å². The molecule has 1 aromatic heterocycles. The van der Waals surface area contributed by atoms with Crippen LogP contribution in [0.5, 0.6) is 0 Å². The Labute approximate surface area is 114 Å². The van der Waals surface area contributed by atoms with Gasteiger partial charge in [0.15, 0.2) is 5.82 Å². The molecule has 102 valence electrons. The number of nitriles is 1. The van der Waals surface area contributed by atoms with Gasteiger partial charge in [-0.15, -0.1) is 0 Å². The Hall–Kier alpha value is -2.42. The number of imidazole rings is 1. The number of hydrogen-bond donors (Lipinski definition) is 1. The van der Waals surface area contributed by atoms with Gasteiger partial charge in [-0.1, -0.05) is 0 Å². The largest absolute Gasteiger partial charge is 0.461 e. The highest BCUT2D eigenvalue weighted by atomic mass is 19.1. The molecule has 0 saturated heterocycles. The Kier molecular flexibility index (Phi) is 2.90. The molecule has 1 aliphatic rings. The number of aromatic nitrogens is 2. The van der Waals surface area contributed by atoms with E-state index < -0.39 is 11.8 Å². The molecule has 0 unspecified atom stereocenters. The second-order valence-electron chi connectivity index (χ2n) is 5.17. The van der Waals surface area contributed by atoms with Gasteiger partial charge in [-0.2, -0.15) is 5.26 Å². The van der Waals surface area contributed by atoms with Crippen LogP contribution in [0.3, 0.4) is 0 Å². The van der Waals surface area contributed by atoms with Crippen molar-refractivity contribution in [3.8, 4) is 6.07 Å². The Morgan fingerprint density at radius 1 is 1.55 bits per heavy atom. The summed E-state index contributed by atoms with van der Waals surface area (Å²) in [6.07, 6.45) is 3.53. The van der Waals surface area contributed by atoms with E-state index in [1.165, 1.54) is 12.4 Å². The van der Waals surface area contributed by atoms with E-state index in [9.17, 15) is 9.18 Å². The second-order valence-corrected chi connectivity index (χ2v) is 5.17. The minimum absolute atomic E-state index is 0.145. The molecule has 0 spiro atoms. The number of esters is 1. The summed E-state index contributed by atoms with van der Waals surface area (Å²) in [6.45, 7) is 0.210. The minimum atomic E-state index is -0.579. The van der Waals surface area contributed by atoms with Gasteiger partial charge in [0.2, 0.25) is 0 Å². The molecule has 20 heavy (non-hydrogen) atoms. The third-order valence-corrected chi connectivity index (χ3v) is 3.63. The highest BCUT2D eigenvalue weighted by molar-refractivity contribution is 5.93. The summed E-state index contributed by atoms with van der Waals surface area (Å²) in [5.41, 5.74) is 0.618. The fourth-order valence-electron chi connectivity index (χ4n) is 2.14. The average Bonchev–Trinajstić information content (AvgIpc) is 3.02. The molecule has 1 heterocycles. The first-order chi connectivity index (χ1) is 9.63. The van der Waals surface area contributed by atoms with Gasteiger partial charge in [0.1, 0.15) is 5.52 Å². The number of rotatable bonds is 4. The highest BCUT2D eigenvalue weighted by Crippen LogP contribution is 2.48. The molecule has 1 N–H and O–H groups in total. The van der Waals surface area contributed by atoms with Crippen LogP contribution in [-0.2, 0) is 4.74 Å². The molecule has 0 radical (unpaired) electrons. The molecular weight excluding hydrogens is 261 g/mol. The van der Waals surface area contributed by atoms with Gasteiger partial charge in [0.25, 0.3) is 0 Å². The van der Waals surface area contributed by atoms with Crippen molar-refractivity contribution in [3.05, 3.63) is 29.8 Å². The third kappa shape index (κ3) is 2.23. The van der Waals surface area contributed by atoms with Crippen LogP contribution in [0, 0.1) is 22.6 Å². The lowest BCUT2D eigenvalue weighted by molar-refractivity contribution is 0.0419. The number of carbonyl (C=O) groups excluding carboxylic acids is 1. The molecule has 1 saturated carbocycles. The molecule has 6 heteroatoms. The van der Waals surface area contributed by atoms with Crippen molar-refractivity contribution in [2.45, 2.75) is 19.3 Å². The molecule has 5 nitrogen and oxygen atoms in total. The zero-order chi connectivity index (χ0) is 14.2. The predicted octanol–water partition coefficient (Wildman–Crippen LogP) is 2.55. The number of nitrogens with one attached hydrogen (secondary N) is 1. The highest BCUT2D eigenvalue weighted by Gasteiger charge is 2.43. The summed E-state index contributed by atoms with van der Waals surface area (Å²) < 4.78 is 18.9. The van der Waals surface area contributed by atoms with Crippen LogP contribution < -0.4 is 0 Å². The average molecular weight is 273 g/mol. The molecular formula is C14H12FN3O2. The lowest BCUT2D eigenvalue weighted by atomic mass is 10.1. The molecule has 1 aliphatic carbocycles. The SMILES string of the molecule is N#CCC1(COC(=O)c2cc(F)c3nc[nH]c3c2)CC1. The number of carbonyl (C=O) groups is 1. The predicted molar refractivity (Wildman–Crippen MR) is 68.2 cm³/mol. The van der Waals surface area contributed by atoms with E-state index in [0.717, 1.165) is 18.9 Å². The van der Waals surface area contributed by atoms with Gasteiger partial charge in [-0.05, 0) is 25.0 Å². The number of hydrogen-bond acceptors (Lipinski definition) is 4. The Morgan fingerprint density at radius 3 is 3.05 bits per heavy atom.